The highest BCUT2D eigenvalue weighted by molar-refractivity contribution is 6.30. The predicted molar refractivity (Wildman–Crippen MR) is 96.0 cm³/mol. The first-order valence-corrected chi connectivity index (χ1v) is 8.15. The van der Waals surface area contributed by atoms with Gasteiger partial charge >= 0.3 is 0 Å². The number of halogens is 1. The van der Waals surface area contributed by atoms with Crippen LogP contribution in [0.1, 0.15) is 16.2 Å². The third-order valence-corrected chi connectivity index (χ3v) is 3.80. The molecule has 0 aliphatic heterocycles. The second-order valence-corrected chi connectivity index (χ2v) is 5.93. The lowest BCUT2D eigenvalue weighted by Gasteiger charge is -2.06. The summed E-state index contributed by atoms with van der Waals surface area (Å²) in [5, 5.41) is 16.3. The Labute approximate surface area is 150 Å². The number of aryl methyl sites for hydroxylation is 1. The number of aliphatic hydroxyl groups is 1. The van der Waals surface area contributed by atoms with E-state index in [2.05, 4.69) is 15.4 Å². The molecule has 0 saturated heterocycles. The van der Waals surface area contributed by atoms with Crippen molar-refractivity contribution in [3.05, 3.63) is 64.9 Å². The van der Waals surface area contributed by atoms with E-state index >= 15 is 0 Å². The summed E-state index contributed by atoms with van der Waals surface area (Å²) in [5.41, 5.74) is 2.66. The van der Waals surface area contributed by atoms with Crippen molar-refractivity contribution in [2.45, 2.75) is 6.92 Å². The number of hydrogen-bond acceptors (Lipinski definition) is 4. The summed E-state index contributed by atoms with van der Waals surface area (Å²) < 4.78 is 1.61. The summed E-state index contributed by atoms with van der Waals surface area (Å²) in [4.78, 5) is 16.5. The first-order valence-electron chi connectivity index (χ1n) is 7.77. The smallest absolute Gasteiger partial charge is 0.291 e. The number of aliphatic hydroxyl groups excluding tert-OH is 1. The number of carbonyl (C=O) groups is 1. The fraction of sp³-hybridized carbons (Fsp3) is 0.167. The van der Waals surface area contributed by atoms with Crippen LogP contribution in [0.25, 0.3) is 17.1 Å². The molecule has 128 valence electrons. The fourth-order valence-electron chi connectivity index (χ4n) is 2.34. The number of hydrogen-bond donors (Lipinski definition) is 2. The van der Waals surface area contributed by atoms with Crippen molar-refractivity contribution in [2.24, 2.45) is 0 Å². The van der Waals surface area contributed by atoms with Gasteiger partial charge in [-0.15, -0.1) is 5.10 Å². The van der Waals surface area contributed by atoms with Gasteiger partial charge in [-0.05, 0) is 31.2 Å². The zero-order valence-corrected chi connectivity index (χ0v) is 14.4. The van der Waals surface area contributed by atoms with Crippen LogP contribution in [-0.2, 0) is 0 Å². The zero-order valence-electron chi connectivity index (χ0n) is 13.6. The van der Waals surface area contributed by atoms with E-state index in [0.717, 1.165) is 16.8 Å². The molecule has 1 heterocycles. The molecule has 1 aromatic heterocycles. The second-order valence-electron chi connectivity index (χ2n) is 5.50. The highest BCUT2D eigenvalue weighted by Gasteiger charge is 2.18. The summed E-state index contributed by atoms with van der Waals surface area (Å²) in [6.45, 7) is 1.99. The van der Waals surface area contributed by atoms with Crippen molar-refractivity contribution in [1.29, 1.82) is 0 Å². The van der Waals surface area contributed by atoms with Crippen LogP contribution in [0.5, 0.6) is 0 Å². The summed E-state index contributed by atoms with van der Waals surface area (Å²) in [6, 6.07) is 15.0. The van der Waals surface area contributed by atoms with Crippen molar-refractivity contribution >= 4 is 17.5 Å². The Morgan fingerprint density at radius 3 is 2.68 bits per heavy atom. The van der Waals surface area contributed by atoms with E-state index in [4.69, 9.17) is 16.7 Å². The Morgan fingerprint density at radius 2 is 2.00 bits per heavy atom. The summed E-state index contributed by atoms with van der Waals surface area (Å²) in [6.07, 6.45) is 0. The van der Waals surface area contributed by atoms with Crippen molar-refractivity contribution < 1.29 is 9.90 Å². The first kappa shape index (κ1) is 17.1. The standard InChI is InChI=1S/C18H17ClN4O2/c1-12-5-7-15(8-6-12)23-17(13-3-2-4-14(19)11-13)21-16(22-23)18(25)20-9-10-24/h2-8,11,24H,9-10H2,1H3,(H,20,25). The van der Waals surface area contributed by atoms with Gasteiger partial charge in [-0.1, -0.05) is 41.4 Å². The minimum absolute atomic E-state index is 0.0315. The molecular formula is C18H17ClN4O2. The molecule has 0 bridgehead atoms. The Kier molecular flexibility index (Phi) is 5.11. The van der Waals surface area contributed by atoms with Crippen LogP contribution in [0.4, 0.5) is 0 Å². The first-order chi connectivity index (χ1) is 12.1. The van der Waals surface area contributed by atoms with Gasteiger partial charge in [-0.2, -0.15) is 0 Å². The average Bonchev–Trinajstić information content (AvgIpc) is 3.06. The molecule has 3 rings (SSSR count). The Balaban J connectivity index is 2.09. The van der Waals surface area contributed by atoms with E-state index < -0.39 is 5.91 Å². The van der Waals surface area contributed by atoms with Crippen molar-refractivity contribution in [3.8, 4) is 17.1 Å². The molecule has 1 amide bonds. The van der Waals surface area contributed by atoms with Crippen molar-refractivity contribution in [2.75, 3.05) is 13.2 Å². The molecule has 3 aromatic rings. The molecule has 25 heavy (non-hydrogen) atoms. The lowest BCUT2D eigenvalue weighted by Crippen LogP contribution is -2.27. The lowest BCUT2D eigenvalue weighted by molar-refractivity contribution is 0.0934. The molecule has 0 aliphatic carbocycles. The van der Waals surface area contributed by atoms with Crippen molar-refractivity contribution in [3.63, 3.8) is 0 Å². The van der Waals surface area contributed by atoms with Gasteiger partial charge in [0.05, 0.1) is 12.3 Å². The Hall–Kier alpha value is -2.70. The normalized spacial score (nSPS) is 10.7. The predicted octanol–water partition coefficient (Wildman–Crippen LogP) is 2.62. The van der Waals surface area contributed by atoms with E-state index in [9.17, 15) is 4.79 Å². The average molecular weight is 357 g/mol. The van der Waals surface area contributed by atoms with Gasteiger partial charge in [-0.25, -0.2) is 9.67 Å². The lowest BCUT2D eigenvalue weighted by atomic mass is 10.2. The van der Waals surface area contributed by atoms with E-state index in [1.54, 1.807) is 16.8 Å². The van der Waals surface area contributed by atoms with Gasteiger partial charge in [0.2, 0.25) is 5.82 Å². The molecule has 0 fully saturated rings. The van der Waals surface area contributed by atoms with Crippen molar-refractivity contribution in [1.82, 2.24) is 20.1 Å². The highest BCUT2D eigenvalue weighted by atomic mass is 35.5. The van der Waals surface area contributed by atoms with Crippen LogP contribution in [0.2, 0.25) is 5.02 Å². The topological polar surface area (TPSA) is 80.0 Å². The minimum atomic E-state index is -0.441. The molecule has 7 heteroatoms. The number of rotatable bonds is 5. The van der Waals surface area contributed by atoms with E-state index in [0.29, 0.717) is 10.8 Å². The number of nitrogens with one attached hydrogen (secondary N) is 1. The molecule has 0 saturated carbocycles. The minimum Gasteiger partial charge on any atom is -0.395 e. The molecule has 6 nitrogen and oxygen atoms in total. The maximum atomic E-state index is 12.2. The summed E-state index contributed by atoms with van der Waals surface area (Å²) >= 11 is 6.09. The molecular weight excluding hydrogens is 340 g/mol. The van der Waals surface area contributed by atoms with Gasteiger partial charge in [0.15, 0.2) is 5.82 Å². The van der Waals surface area contributed by atoms with E-state index in [1.807, 2.05) is 43.3 Å². The van der Waals surface area contributed by atoms with Crippen LogP contribution in [0.3, 0.4) is 0 Å². The quantitative estimate of drug-likeness (QED) is 0.736. The molecule has 0 atom stereocenters. The van der Waals surface area contributed by atoms with Crippen LogP contribution < -0.4 is 5.32 Å². The number of nitrogens with zero attached hydrogens (tertiary/aromatic N) is 3. The SMILES string of the molecule is Cc1ccc(-n2nc(C(=O)NCCO)nc2-c2cccc(Cl)c2)cc1. The van der Waals surface area contributed by atoms with Crippen LogP contribution in [-0.4, -0.2) is 38.9 Å². The van der Waals surface area contributed by atoms with E-state index in [1.165, 1.54) is 0 Å². The maximum Gasteiger partial charge on any atom is 0.291 e. The second kappa shape index (κ2) is 7.46. The molecule has 0 aliphatic rings. The molecule has 0 spiro atoms. The van der Waals surface area contributed by atoms with Gasteiger partial charge in [-0.3, -0.25) is 4.79 Å². The van der Waals surface area contributed by atoms with Gasteiger partial charge < -0.3 is 10.4 Å². The molecule has 2 N–H and O–H groups in total. The molecule has 0 unspecified atom stereocenters. The molecule has 2 aromatic carbocycles. The maximum absolute atomic E-state index is 12.2. The van der Waals surface area contributed by atoms with Gasteiger partial charge in [0, 0.05) is 17.1 Å². The third-order valence-electron chi connectivity index (χ3n) is 3.57. The zero-order chi connectivity index (χ0) is 17.8. The number of benzene rings is 2. The summed E-state index contributed by atoms with van der Waals surface area (Å²) in [5.74, 6) is 0.104. The Bertz CT molecular complexity index is 890. The van der Waals surface area contributed by atoms with Gasteiger partial charge in [0.25, 0.3) is 5.91 Å². The fourth-order valence-corrected chi connectivity index (χ4v) is 2.53. The Morgan fingerprint density at radius 1 is 1.24 bits per heavy atom. The number of aromatic nitrogens is 3. The van der Waals surface area contributed by atoms with Crippen LogP contribution >= 0.6 is 11.6 Å². The highest BCUT2D eigenvalue weighted by Crippen LogP contribution is 2.24. The van der Waals surface area contributed by atoms with Crippen LogP contribution in [0, 0.1) is 6.92 Å². The number of carbonyl (C=O) groups excluding carboxylic acids is 1. The van der Waals surface area contributed by atoms with Gasteiger partial charge in [0.1, 0.15) is 0 Å². The van der Waals surface area contributed by atoms with Crippen LogP contribution in [0.15, 0.2) is 48.5 Å². The summed E-state index contributed by atoms with van der Waals surface area (Å²) in [7, 11) is 0. The monoisotopic (exact) mass is 356 g/mol. The largest absolute Gasteiger partial charge is 0.395 e. The molecule has 0 radical (unpaired) electrons. The number of amides is 1. The van der Waals surface area contributed by atoms with E-state index in [-0.39, 0.29) is 19.0 Å². The third kappa shape index (κ3) is 3.87.